The monoisotopic (exact) mass is 341 g/mol. The van der Waals surface area contributed by atoms with Gasteiger partial charge in [-0.1, -0.05) is 35.5 Å². The maximum Gasteiger partial charge on any atom is 0.277 e. The van der Waals surface area contributed by atoms with Crippen molar-refractivity contribution in [2.24, 2.45) is 0 Å². The molecule has 0 aliphatic rings. The fourth-order valence-corrected chi connectivity index (χ4v) is 2.57. The first-order chi connectivity index (χ1) is 11.7. The molecule has 0 aliphatic heterocycles. The Labute approximate surface area is 141 Å². The van der Waals surface area contributed by atoms with Crippen LogP contribution < -0.4 is 5.56 Å². The first-order valence-electron chi connectivity index (χ1n) is 7.26. The summed E-state index contributed by atoms with van der Waals surface area (Å²) < 4.78 is 8.03. The Kier molecular flexibility index (Phi) is 3.62. The molecule has 0 saturated carbocycles. The van der Waals surface area contributed by atoms with E-state index in [1.54, 1.807) is 23.0 Å². The molecule has 4 rings (SSSR count). The van der Waals surface area contributed by atoms with Crippen LogP contribution in [0.15, 0.2) is 58.1 Å². The maximum atomic E-state index is 12.6. The van der Waals surface area contributed by atoms with E-state index in [0.29, 0.717) is 17.2 Å². The molecule has 0 bridgehead atoms. The van der Waals surface area contributed by atoms with E-state index in [9.17, 15) is 4.79 Å². The number of hydrogen-bond acceptors (Lipinski definition) is 5. The highest BCUT2D eigenvalue weighted by Crippen LogP contribution is 2.17. The normalized spacial score (nSPS) is 11.2. The van der Waals surface area contributed by atoms with Crippen LogP contribution in [0.2, 0.25) is 0 Å². The smallest absolute Gasteiger partial charge is 0.277 e. The highest BCUT2D eigenvalue weighted by molar-refractivity contribution is 6.16. The van der Waals surface area contributed by atoms with Crippen LogP contribution in [-0.2, 0) is 12.4 Å². The molecule has 24 heavy (non-hydrogen) atoms. The first kappa shape index (κ1) is 14.6. The van der Waals surface area contributed by atoms with Gasteiger partial charge >= 0.3 is 0 Å². The lowest BCUT2D eigenvalue weighted by Crippen LogP contribution is -2.22. The Hall–Kier alpha value is -2.93. The molecule has 8 heteroatoms. The summed E-state index contributed by atoms with van der Waals surface area (Å²) in [5, 5.41) is 8.25. The number of alkyl halides is 1. The second-order valence-corrected chi connectivity index (χ2v) is 5.46. The standard InChI is InChI=1S/C16H12ClN5O2/c17-9-15-18-14(20-24-15)10-21-6-7-22-13(16(21)23)8-12(19-22)11-4-2-1-3-5-11/h1-8H,9-10H2. The zero-order valence-electron chi connectivity index (χ0n) is 12.5. The molecular weight excluding hydrogens is 330 g/mol. The third kappa shape index (κ3) is 2.59. The summed E-state index contributed by atoms with van der Waals surface area (Å²) >= 11 is 5.64. The lowest BCUT2D eigenvalue weighted by molar-refractivity contribution is 0.382. The van der Waals surface area contributed by atoms with Gasteiger partial charge in [-0.15, -0.1) is 11.6 Å². The zero-order valence-corrected chi connectivity index (χ0v) is 13.2. The second-order valence-electron chi connectivity index (χ2n) is 5.19. The van der Waals surface area contributed by atoms with Crippen molar-refractivity contribution in [2.75, 3.05) is 0 Å². The molecule has 3 aromatic heterocycles. The van der Waals surface area contributed by atoms with Crippen molar-refractivity contribution in [2.45, 2.75) is 12.4 Å². The van der Waals surface area contributed by atoms with Crippen LogP contribution in [-0.4, -0.2) is 24.3 Å². The van der Waals surface area contributed by atoms with Crippen LogP contribution in [0.25, 0.3) is 16.8 Å². The van der Waals surface area contributed by atoms with Gasteiger partial charge in [0.1, 0.15) is 11.4 Å². The third-order valence-electron chi connectivity index (χ3n) is 3.61. The number of halogens is 1. The number of fused-ring (bicyclic) bond motifs is 1. The molecule has 0 atom stereocenters. The Bertz CT molecular complexity index is 1050. The van der Waals surface area contributed by atoms with Gasteiger partial charge in [0.25, 0.3) is 5.56 Å². The van der Waals surface area contributed by atoms with E-state index in [1.807, 2.05) is 30.3 Å². The molecule has 0 fully saturated rings. The zero-order chi connectivity index (χ0) is 16.5. The summed E-state index contributed by atoms with van der Waals surface area (Å²) in [6.07, 6.45) is 3.37. The Balaban J connectivity index is 1.73. The number of rotatable bonds is 4. The van der Waals surface area contributed by atoms with E-state index >= 15 is 0 Å². The number of hydrogen-bond donors (Lipinski definition) is 0. The first-order valence-corrected chi connectivity index (χ1v) is 7.80. The predicted octanol–water partition coefficient (Wildman–Crippen LogP) is 2.33. The van der Waals surface area contributed by atoms with Crippen molar-refractivity contribution >= 4 is 17.1 Å². The number of benzene rings is 1. The van der Waals surface area contributed by atoms with Gasteiger partial charge in [-0.25, -0.2) is 4.52 Å². The van der Waals surface area contributed by atoms with Crippen molar-refractivity contribution < 1.29 is 4.52 Å². The lowest BCUT2D eigenvalue weighted by atomic mass is 10.1. The summed E-state index contributed by atoms with van der Waals surface area (Å²) in [6.45, 7) is 0.210. The van der Waals surface area contributed by atoms with Gasteiger partial charge in [-0.05, 0) is 6.07 Å². The SMILES string of the molecule is O=c1c2cc(-c3ccccc3)nn2ccn1Cc1noc(CCl)n1. The van der Waals surface area contributed by atoms with E-state index in [0.717, 1.165) is 11.3 Å². The molecule has 0 N–H and O–H groups in total. The Morgan fingerprint density at radius 3 is 2.75 bits per heavy atom. The molecular formula is C16H12ClN5O2. The van der Waals surface area contributed by atoms with Gasteiger partial charge in [0.2, 0.25) is 5.89 Å². The third-order valence-corrected chi connectivity index (χ3v) is 3.84. The summed E-state index contributed by atoms with van der Waals surface area (Å²) in [6, 6.07) is 11.5. The molecule has 120 valence electrons. The topological polar surface area (TPSA) is 78.2 Å². The molecule has 0 amide bonds. The van der Waals surface area contributed by atoms with E-state index in [2.05, 4.69) is 15.2 Å². The van der Waals surface area contributed by atoms with Crippen LogP contribution in [0.3, 0.4) is 0 Å². The van der Waals surface area contributed by atoms with E-state index < -0.39 is 0 Å². The summed E-state index contributed by atoms with van der Waals surface area (Å²) in [4.78, 5) is 16.7. The summed E-state index contributed by atoms with van der Waals surface area (Å²) in [5.41, 5.74) is 2.01. The highest BCUT2D eigenvalue weighted by atomic mass is 35.5. The van der Waals surface area contributed by atoms with Crippen molar-refractivity contribution in [3.05, 3.63) is 70.9 Å². The van der Waals surface area contributed by atoms with Crippen LogP contribution in [0.1, 0.15) is 11.7 Å². The number of nitrogens with zero attached hydrogens (tertiary/aromatic N) is 5. The van der Waals surface area contributed by atoms with Gasteiger partial charge in [-0.3, -0.25) is 4.79 Å². The molecule has 0 unspecified atom stereocenters. The summed E-state index contributed by atoms with van der Waals surface area (Å²) in [7, 11) is 0. The molecule has 7 nitrogen and oxygen atoms in total. The second kappa shape index (κ2) is 5.93. The molecule has 3 heterocycles. The molecule has 0 spiro atoms. The lowest BCUT2D eigenvalue weighted by Gasteiger charge is -2.01. The average Bonchev–Trinajstić information content (AvgIpc) is 3.25. The predicted molar refractivity (Wildman–Crippen MR) is 87.8 cm³/mol. The fourth-order valence-electron chi connectivity index (χ4n) is 2.46. The quantitative estimate of drug-likeness (QED) is 0.532. The van der Waals surface area contributed by atoms with Crippen LogP contribution in [0.4, 0.5) is 0 Å². The van der Waals surface area contributed by atoms with Gasteiger partial charge in [0.05, 0.1) is 12.2 Å². The van der Waals surface area contributed by atoms with Gasteiger partial charge in [-0.2, -0.15) is 10.1 Å². The van der Waals surface area contributed by atoms with Crippen LogP contribution in [0.5, 0.6) is 0 Å². The van der Waals surface area contributed by atoms with Crippen molar-refractivity contribution in [1.29, 1.82) is 0 Å². The number of aromatic nitrogens is 5. The minimum absolute atomic E-state index is 0.143. The van der Waals surface area contributed by atoms with Crippen molar-refractivity contribution in [1.82, 2.24) is 24.3 Å². The molecule has 0 radical (unpaired) electrons. The molecule has 4 aromatic rings. The maximum absolute atomic E-state index is 12.6. The molecule has 0 saturated heterocycles. The minimum atomic E-state index is -0.176. The Morgan fingerprint density at radius 1 is 1.17 bits per heavy atom. The highest BCUT2D eigenvalue weighted by Gasteiger charge is 2.11. The van der Waals surface area contributed by atoms with Crippen molar-refractivity contribution in [3.8, 4) is 11.3 Å². The minimum Gasteiger partial charge on any atom is -0.338 e. The van der Waals surface area contributed by atoms with Gasteiger partial charge in [0.15, 0.2) is 5.82 Å². The summed E-state index contributed by atoms with van der Waals surface area (Å²) in [5.74, 6) is 0.876. The Morgan fingerprint density at radius 2 is 2.00 bits per heavy atom. The van der Waals surface area contributed by atoms with Crippen molar-refractivity contribution in [3.63, 3.8) is 0 Å². The van der Waals surface area contributed by atoms with Gasteiger partial charge in [0, 0.05) is 18.0 Å². The van der Waals surface area contributed by atoms with E-state index in [1.165, 1.54) is 4.57 Å². The molecule has 1 aromatic carbocycles. The molecule has 0 aliphatic carbocycles. The largest absolute Gasteiger partial charge is 0.338 e. The van der Waals surface area contributed by atoms with Crippen LogP contribution in [0, 0.1) is 0 Å². The van der Waals surface area contributed by atoms with E-state index in [-0.39, 0.29) is 18.0 Å². The van der Waals surface area contributed by atoms with Gasteiger partial charge < -0.3 is 9.09 Å². The fraction of sp³-hybridized carbons (Fsp3) is 0.125. The van der Waals surface area contributed by atoms with E-state index in [4.69, 9.17) is 16.1 Å². The average molecular weight is 342 g/mol. The van der Waals surface area contributed by atoms with Crippen LogP contribution >= 0.6 is 11.6 Å².